The van der Waals surface area contributed by atoms with Crippen LogP contribution in [-0.4, -0.2) is 28.9 Å². The Hall–Kier alpha value is -2.26. The van der Waals surface area contributed by atoms with E-state index >= 15 is 0 Å². The molecule has 0 spiro atoms. The summed E-state index contributed by atoms with van der Waals surface area (Å²) >= 11 is 1.34. The molecule has 2 aliphatic heterocycles. The number of rotatable bonds is 3. The van der Waals surface area contributed by atoms with Crippen LogP contribution in [0.4, 0.5) is 20.3 Å². The highest BCUT2D eigenvalue weighted by Gasteiger charge is 2.33. The maximum Gasteiger partial charge on any atom is 0.150 e. The van der Waals surface area contributed by atoms with Crippen molar-refractivity contribution in [3.63, 3.8) is 0 Å². The molecule has 1 saturated heterocycles. The van der Waals surface area contributed by atoms with E-state index in [2.05, 4.69) is 10.00 Å². The predicted octanol–water partition coefficient (Wildman–Crippen LogP) is 3.03. The minimum atomic E-state index is -0.597. The van der Waals surface area contributed by atoms with Crippen molar-refractivity contribution in [3.8, 4) is 0 Å². The van der Waals surface area contributed by atoms with Gasteiger partial charge in [0, 0.05) is 44.0 Å². The lowest BCUT2D eigenvalue weighted by Crippen LogP contribution is -2.30. The first-order valence-electron chi connectivity index (χ1n) is 9.34. The Kier molecular flexibility index (Phi) is 5.20. The highest BCUT2D eigenvalue weighted by molar-refractivity contribution is 8.03. The fourth-order valence-electron chi connectivity index (χ4n) is 3.83. The van der Waals surface area contributed by atoms with E-state index in [9.17, 15) is 8.78 Å². The van der Waals surface area contributed by atoms with Crippen LogP contribution >= 0.6 is 11.8 Å². The highest BCUT2D eigenvalue weighted by Crippen LogP contribution is 2.47. The quantitative estimate of drug-likeness (QED) is 0.816. The van der Waals surface area contributed by atoms with Gasteiger partial charge < -0.3 is 21.3 Å². The number of thioether (sulfide) groups is 1. The second-order valence-corrected chi connectivity index (χ2v) is 8.38. The van der Waals surface area contributed by atoms with Gasteiger partial charge in [-0.1, -0.05) is 17.8 Å². The summed E-state index contributed by atoms with van der Waals surface area (Å²) in [5.74, 6) is -0.232. The van der Waals surface area contributed by atoms with E-state index in [1.54, 1.807) is 12.4 Å². The number of hydrogen-bond donors (Lipinski definition) is 2. The minimum absolute atomic E-state index is 0.209. The zero-order valence-corrected chi connectivity index (χ0v) is 16.5. The molecule has 0 amide bonds. The van der Waals surface area contributed by atoms with Crippen molar-refractivity contribution < 1.29 is 8.78 Å². The molecule has 2 unspecified atom stereocenters. The third kappa shape index (κ3) is 3.56. The van der Waals surface area contributed by atoms with Crippen molar-refractivity contribution in [1.29, 1.82) is 0 Å². The van der Waals surface area contributed by atoms with Gasteiger partial charge in [-0.3, -0.25) is 4.68 Å². The van der Waals surface area contributed by atoms with Crippen LogP contribution in [0.1, 0.15) is 30.2 Å². The SMILES string of the molecule is Cn1ncc(N2C=C(N)SC2c2ccc(F)cc2F)c1N1CCCC(N)CC1. The molecule has 6 nitrogen and oxygen atoms in total. The van der Waals surface area contributed by atoms with E-state index in [4.69, 9.17) is 11.5 Å². The zero-order valence-electron chi connectivity index (χ0n) is 15.7. The Balaban J connectivity index is 1.71. The van der Waals surface area contributed by atoms with Crippen molar-refractivity contribution in [3.05, 3.63) is 52.8 Å². The summed E-state index contributed by atoms with van der Waals surface area (Å²) in [5, 5.41) is 4.60. The second kappa shape index (κ2) is 7.63. The van der Waals surface area contributed by atoms with Gasteiger partial charge in [-0.2, -0.15) is 5.10 Å². The summed E-state index contributed by atoms with van der Waals surface area (Å²) < 4.78 is 29.7. The van der Waals surface area contributed by atoms with Crippen LogP contribution in [0.2, 0.25) is 0 Å². The molecule has 9 heteroatoms. The van der Waals surface area contributed by atoms with E-state index < -0.39 is 17.0 Å². The van der Waals surface area contributed by atoms with Gasteiger partial charge >= 0.3 is 0 Å². The van der Waals surface area contributed by atoms with Crippen LogP contribution in [0.3, 0.4) is 0 Å². The molecule has 1 fully saturated rings. The number of aryl methyl sites for hydroxylation is 1. The monoisotopic (exact) mass is 406 g/mol. The van der Waals surface area contributed by atoms with Crippen molar-refractivity contribution in [1.82, 2.24) is 9.78 Å². The Morgan fingerprint density at radius 1 is 1.21 bits per heavy atom. The van der Waals surface area contributed by atoms with Crippen molar-refractivity contribution in [2.24, 2.45) is 18.5 Å². The van der Waals surface area contributed by atoms with E-state index in [1.165, 1.54) is 23.9 Å². The Morgan fingerprint density at radius 2 is 2.04 bits per heavy atom. The predicted molar refractivity (Wildman–Crippen MR) is 109 cm³/mol. The summed E-state index contributed by atoms with van der Waals surface area (Å²) in [4.78, 5) is 4.20. The Bertz CT molecular complexity index is 899. The number of anilines is 2. The first kappa shape index (κ1) is 19.1. The van der Waals surface area contributed by atoms with E-state index in [0.717, 1.165) is 49.9 Å². The summed E-state index contributed by atoms with van der Waals surface area (Å²) in [6.45, 7) is 1.72. The molecule has 2 aliphatic rings. The molecular formula is C19H24F2N6S. The van der Waals surface area contributed by atoms with Gasteiger partial charge in [0.15, 0.2) is 5.82 Å². The van der Waals surface area contributed by atoms with Crippen LogP contribution in [0.5, 0.6) is 0 Å². The molecule has 4 rings (SSSR count). The molecule has 2 aromatic rings. The third-order valence-corrected chi connectivity index (χ3v) is 6.32. The van der Waals surface area contributed by atoms with Crippen molar-refractivity contribution >= 4 is 23.3 Å². The lowest BCUT2D eigenvalue weighted by atomic mass is 10.1. The average molecular weight is 407 g/mol. The van der Waals surface area contributed by atoms with Crippen LogP contribution in [0.25, 0.3) is 0 Å². The molecule has 0 saturated carbocycles. The molecule has 0 radical (unpaired) electrons. The van der Waals surface area contributed by atoms with Crippen LogP contribution in [0, 0.1) is 11.6 Å². The fraction of sp³-hybridized carbons (Fsp3) is 0.421. The van der Waals surface area contributed by atoms with Gasteiger partial charge in [0.2, 0.25) is 0 Å². The van der Waals surface area contributed by atoms with E-state index in [1.807, 2.05) is 16.6 Å². The number of benzene rings is 1. The van der Waals surface area contributed by atoms with Crippen molar-refractivity contribution in [2.75, 3.05) is 22.9 Å². The maximum absolute atomic E-state index is 14.5. The van der Waals surface area contributed by atoms with Gasteiger partial charge in [0.25, 0.3) is 0 Å². The van der Waals surface area contributed by atoms with Crippen LogP contribution < -0.4 is 21.3 Å². The summed E-state index contributed by atoms with van der Waals surface area (Å²) in [5.41, 5.74) is 13.4. The molecule has 2 atom stereocenters. The largest absolute Gasteiger partial charge is 0.392 e. The molecule has 1 aromatic carbocycles. The molecule has 28 heavy (non-hydrogen) atoms. The summed E-state index contributed by atoms with van der Waals surface area (Å²) in [7, 11) is 1.90. The summed E-state index contributed by atoms with van der Waals surface area (Å²) in [6, 6.07) is 3.86. The normalized spacial score (nSPS) is 23.1. The minimum Gasteiger partial charge on any atom is -0.392 e. The lowest BCUT2D eigenvalue weighted by molar-refractivity contribution is 0.571. The number of nitrogens with two attached hydrogens (primary N) is 2. The fourth-order valence-corrected chi connectivity index (χ4v) is 4.87. The van der Waals surface area contributed by atoms with Gasteiger partial charge in [0.1, 0.15) is 22.7 Å². The Morgan fingerprint density at radius 3 is 2.82 bits per heavy atom. The topological polar surface area (TPSA) is 76.3 Å². The van der Waals surface area contributed by atoms with Gasteiger partial charge in [-0.15, -0.1) is 0 Å². The van der Waals surface area contributed by atoms with Crippen LogP contribution in [-0.2, 0) is 7.05 Å². The Labute approximate surface area is 167 Å². The number of hydrogen-bond acceptors (Lipinski definition) is 6. The van der Waals surface area contributed by atoms with E-state index in [0.29, 0.717) is 10.6 Å². The second-order valence-electron chi connectivity index (χ2n) is 7.23. The molecule has 150 valence electrons. The van der Waals surface area contributed by atoms with E-state index in [-0.39, 0.29) is 6.04 Å². The molecule has 0 bridgehead atoms. The third-order valence-electron chi connectivity index (χ3n) is 5.23. The highest BCUT2D eigenvalue weighted by atomic mass is 32.2. The van der Waals surface area contributed by atoms with Crippen LogP contribution in [0.15, 0.2) is 35.6 Å². The smallest absolute Gasteiger partial charge is 0.150 e. The molecule has 0 aliphatic carbocycles. The lowest BCUT2D eigenvalue weighted by Gasteiger charge is -2.29. The standard InChI is InChI=1S/C19H24F2N6S/c1-25-18(26-7-2-3-13(22)6-8-26)16(10-24-25)27-11-17(23)28-19(27)14-5-4-12(20)9-15(14)21/h4-5,9-11,13,19H,2-3,6-8,22-23H2,1H3. The molecular weight excluding hydrogens is 382 g/mol. The van der Waals surface area contributed by atoms with Gasteiger partial charge in [0.05, 0.1) is 11.2 Å². The van der Waals surface area contributed by atoms with Crippen molar-refractivity contribution in [2.45, 2.75) is 30.7 Å². The molecule has 1 aromatic heterocycles. The van der Waals surface area contributed by atoms with Gasteiger partial charge in [-0.05, 0) is 25.3 Å². The summed E-state index contributed by atoms with van der Waals surface area (Å²) in [6.07, 6.45) is 6.48. The number of halogens is 2. The molecule has 4 N–H and O–H groups in total. The number of nitrogens with zero attached hydrogens (tertiary/aromatic N) is 4. The average Bonchev–Trinajstić information content (AvgIpc) is 3.13. The van der Waals surface area contributed by atoms with Gasteiger partial charge in [-0.25, -0.2) is 8.78 Å². The first-order chi connectivity index (χ1) is 13.4. The zero-order chi connectivity index (χ0) is 19.8. The molecule has 3 heterocycles. The number of aromatic nitrogens is 2. The first-order valence-corrected chi connectivity index (χ1v) is 10.2. The maximum atomic E-state index is 14.5.